The van der Waals surface area contributed by atoms with E-state index in [2.05, 4.69) is 5.32 Å². The fourth-order valence-corrected chi connectivity index (χ4v) is 3.68. The SMILES string of the molecule is Cc1ccc(C)c(C(=O)CCC(=O)OCC(=O)Nc2cc(C(F)(F)F)ccc2N2CCOCC2)c1. The van der Waals surface area contributed by atoms with Crippen LogP contribution < -0.4 is 10.2 Å². The molecule has 1 saturated heterocycles. The number of carbonyl (C=O) groups excluding carboxylic acids is 3. The number of nitrogens with zero attached hydrogens (tertiary/aromatic N) is 1. The van der Waals surface area contributed by atoms with E-state index >= 15 is 0 Å². The molecule has 1 aliphatic rings. The molecule has 0 atom stereocenters. The predicted molar refractivity (Wildman–Crippen MR) is 124 cm³/mol. The van der Waals surface area contributed by atoms with Crippen LogP contribution in [0.2, 0.25) is 0 Å². The highest BCUT2D eigenvalue weighted by Gasteiger charge is 2.32. The van der Waals surface area contributed by atoms with Gasteiger partial charge in [-0.05, 0) is 43.7 Å². The molecule has 0 radical (unpaired) electrons. The van der Waals surface area contributed by atoms with E-state index in [9.17, 15) is 27.6 Å². The molecular formula is C25H27F3N2O5. The molecule has 0 bridgehead atoms. The van der Waals surface area contributed by atoms with Crippen molar-refractivity contribution in [1.82, 2.24) is 0 Å². The second-order valence-corrected chi connectivity index (χ2v) is 8.28. The van der Waals surface area contributed by atoms with E-state index in [1.165, 1.54) is 6.07 Å². The molecule has 1 aliphatic heterocycles. The summed E-state index contributed by atoms with van der Waals surface area (Å²) in [4.78, 5) is 38.7. The van der Waals surface area contributed by atoms with Gasteiger partial charge in [-0.2, -0.15) is 13.2 Å². The maximum Gasteiger partial charge on any atom is 0.416 e. The Morgan fingerprint density at radius 1 is 1.03 bits per heavy atom. The highest BCUT2D eigenvalue weighted by molar-refractivity contribution is 5.99. The molecule has 2 aromatic rings. The van der Waals surface area contributed by atoms with Gasteiger partial charge in [0.25, 0.3) is 5.91 Å². The van der Waals surface area contributed by atoms with Crippen LogP contribution in [0.3, 0.4) is 0 Å². The van der Waals surface area contributed by atoms with Crippen LogP contribution in [0.4, 0.5) is 24.5 Å². The third-order valence-corrected chi connectivity index (χ3v) is 5.56. The van der Waals surface area contributed by atoms with Crippen molar-refractivity contribution in [2.24, 2.45) is 0 Å². The summed E-state index contributed by atoms with van der Waals surface area (Å²) >= 11 is 0. The Kier molecular flexibility index (Phi) is 8.50. The molecule has 7 nitrogen and oxygen atoms in total. The first kappa shape index (κ1) is 26.2. The van der Waals surface area contributed by atoms with E-state index in [1.54, 1.807) is 13.0 Å². The number of anilines is 2. The van der Waals surface area contributed by atoms with Gasteiger partial charge >= 0.3 is 12.1 Å². The first-order chi connectivity index (χ1) is 16.5. The van der Waals surface area contributed by atoms with Gasteiger partial charge in [0.05, 0.1) is 36.6 Å². The quantitative estimate of drug-likeness (QED) is 0.437. The van der Waals surface area contributed by atoms with Gasteiger partial charge in [0, 0.05) is 25.1 Å². The summed E-state index contributed by atoms with van der Waals surface area (Å²) in [6, 6.07) is 8.56. The van der Waals surface area contributed by atoms with Gasteiger partial charge in [0.2, 0.25) is 0 Å². The number of ether oxygens (including phenoxy) is 2. The van der Waals surface area contributed by atoms with E-state index < -0.39 is 30.2 Å². The van der Waals surface area contributed by atoms with Crippen molar-refractivity contribution in [2.45, 2.75) is 32.9 Å². The number of benzene rings is 2. The van der Waals surface area contributed by atoms with Crippen molar-refractivity contribution in [3.05, 3.63) is 58.7 Å². The molecule has 0 aliphatic carbocycles. The number of halogens is 3. The van der Waals surface area contributed by atoms with Crippen LogP contribution in [0.25, 0.3) is 0 Å². The van der Waals surface area contributed by atoms with Gasteiger partial charge in [0.15, 0.2) is 12.4 Å². The van der Waals surface area contributed by atoms with E-state index in [0.29, 0.717) is 37.6 Å². The molecule has 10 heteroatoms. The highest BCUT2D eigenvalue weighted by Crippen LogP contribution is 2.35. The number of amides is 1. The minimum absolute atomic E-state index is 0.0344. The molecule has 0 saturated carbocycles. The summed E-state index contributed by atoms with van der Waals surface area (Å²) in [7, 11) is 0. The van der Waals surface area contributed by atoms with Crippen LogP contribution in [0.1, 0.15) is 39.9 Å². The molecule has 2 aromatic carbocycles. The zero-order chi connectivity index (χ0) is 25.6. The zero-order valence-electron chi connectivity index (χ0n) is 19.5. The van der Waals surface area contributed by atoms with E-state index in [-0.39, 0.29) is 24.3 Å². The van der Waals surface area contributed by atoms with Crippen molar-refractivity contribution < 1.29 is 37.0 Å². The number of alkyl halides is 3. The molecule has 188 valence electrons. The molecular weight excluding hydrogens is 465 g/mol. The Labute approximate surface area is 201 Å². The Hall–Kier alpha value is -3.40. The van der Waals surface area contributed by atoms with Crippen molar-refractivity contribution in [1.29, 1.82) is 0 Å². The van der Waals surface area contributed by atoms with Crippen LogP contribution in [-0.2, 0) is 25.2 Å². The number of aryl methyl sites for hydroxylation is 2. The van der Waals surface area contributed by atoms with E-state index in [1.807, 2.05) is 24.0 Å². The predicted octanol–water partition coefficient (Wildman–Crippen LogP) is 4.30. The molecule has 0 aromatic heterocycles. The minimum atomic E-state index is -4.59. The Balaban J connectivity index is 1.58. The van der Waals surface area contributed by atoms with Crippen molar-refractivity contribution in [3.8, 4) is 0 Å². The Morgan fingerprint density at radius 2 is 1.74 bits per heavy atom. The zero-order valence-corrected chi connectivity index (χ0v) is 19.5. The smallest absolute Gasteiger partial charge is 0.416 e. The lowest BCUT2D eigenvalue weighted by atomic mass is 9.99. The van der Waals surface area contributed by atoms with E-state index in [0.717, 1.165) is 23.3 Å². The van der Waals surface area contributed by atoms with Crippen LogP contribution in [0.15, 0.2) is 36.4 Å². The van der Waals surface area contributed by atoms with Gasteiger partial charge in [-0.25, -0.2) is 0 Å². The lowest BCUT2D eigenvalue weighted by Gasteiger charge is -2.31. The molecule has 0 unspecified atom stereocenters. The summed E-state index contributed by atoms with van der Waals surface area (Å²) in [6.45, 7) is 4.70. The number of nitrogens with one attached hydrogen (secondary N) is 1. The molecule has 0 spiro atoms. The number of carbonyl (C=O) groups is 3. The third-order valence-electron chi connectivity index (χ3n) is 5.56. The maximum absolute atomic E-state index is 13.2. The standard InChI is InChI=1S/C25H27F3N2O5/c1-16-3-4-17(2)19(13-16)22(31)7-8-24(33)35-15-23(32)29-20-14-18(25(26,27)28)5-6-21(20)30-9-11-34-12-10-30/h3-6,13-14H,7-12,15H2,1-2H3,(H,29,32). The molecule has 1 fully saturated rings. The number of hydrogen-bond acceptors (Lipinski definition) is 6. The number of morpholine rings is 1. The van der Waals surface area contributed by atoms with Crippen LogP contribution in [0, 0.1) is 13.8 Å². The van der Waals surface area contributed by atoms with Gasteiger partial charge in [-0.15, -0.1) is 0 Å². The van der Waals surface area contributed by atoms with Gasteiger partial charge in [-0.3, -0.25) is 14.4 Å². The average molecular weight is 492 g/mol. The van der Waals surface area contributed by atoms with Gasteiger partial charge in [0.1, 0.15) is 0 Å². The van der Waals surface area contributed by atoms with Crippen LogP contribution in [0.5, 0.6) is 0 Å². The maximum atomic E-state index is 13.2. The second kappa shape index (κ2) is 11.4. The number of rotatable bonds is 8. The first-order valence-corrected chi connectivity index (χ1v) is 11.1. The average Bonchev–Trinajstić information content (AvgIpc) is 2.82. The summed E-state index contributed by atoms with van der Waals surface area (Å²) in [5, 5.41) is 2.41. The molecule has 1 heterocycles. The van der Waals surface area contributed by atoms with Crippen LogP contribution in [-0.4, -0.2) is 50.6 Å². The van der Waals surface area contributed by atoms with E-state index in [4.69, 9.17) is 9.47 Å². The molecule has 3 rings (SSSR count). The van der Waals surface area contributed by atoms with Crippen LogP contribution >= 0.6 is 0 Å². The van der Waals surface area contributed by atoms with Crippen molar-refractivity contribution in [2.75, 3.05) is 43.1 Å². The number of esters is 1. The normalized spacial score (nSPS) is 13.9. The largest absolute Gasteiger partial charge is 0.456 e. The Morgan fingerprint density at radius 3 is 2.43 bits per heavy atom. The summed E-state index contributed by atoms with van der Waals surface area (Å²) in [5.74, 6) is -1.75. The van der Waals surface area contributed by atoms with Gasteiger partial charge in [-0.1, -0.05) is 17.7 Å². The fourth-order valence-electron chi connectivity index (χ4n) is 3.68. The number of hydrogen-bond donors (Lipinski definition) is 1. The Bertz CT molecular complexity index is 1090. The number of ketones is 1. The van der Waals surface area contributed by atoms with Gasteiger partial charge < -0.3 is 19.7 Å². The molecule has 35 heavy (non-hydrogen) atoms. The second-order valence-electron chi connectivity index (χ2n) is 8.28. The lowest BCUT2D eigenvalue weighted by Crippen LogP contribution is -2.37. The highest BCUT2D eigenvalue weighted by atomic mass is 19.4. The molecule has 1 N–H and O–H groups in total. The first-order valence-electron chi connectivity index (χ1n) is 11.1. The van der Waals surface area contributed by atoms with Crippen molar-refractivity contribution >= 4 is 29.0 Å². The monoisotopic (exact) mass is 492 g/mol. The molecule has 1 amide bonds. The summed E-state index contributed by atoms with van der Waals surface area (Å²) in [5.41, 5.74) is 1.71. The number of Topliss-reactive ketones (excluding diaryl/α,β-unsaturated/α-hetero) is 1. The third kappa shape index (κ3) is 7.29. The topological polar surface area (TPSA) is 84.9 Å². The summed E-state index contributed by atoms with van der Waals surface area (Å²) in [6.07, 6.45) is -4.89. The summed E-state index contributed by atoms with van der Waals surface area (Å²) < 4.78 is 49.8. The van der Waals surface area contributed by atoms with Crippen molar-refractivity contribution in [3.63, 3.8) is 0 Å². The fraction of sp³-hybridized carbons (Fsp3) is 0.400. The minimum Gasteiger partial charge on any atom is -0.456 e. The lowest BCUT2D eigenvalue weighted by molar-refractivity contribution is -0.147.